The third-order valence-electron chi connectivity index (χ3n) is 2.06. The highest BCUT2D eigenvalue weighted by Crippen LogP contribution is 2.09. The zero-order valence-electron chi connectivity index (χ0n) is 10.6. The molecule has 0 aromatic carbocycles. The summed E-state index contributed by atoms with van der Waals surface area (Å²) in [5.74, 6) is -0.425. The highest BCUT2D eigenvalue weighted by Gasteiger charge is 2.05. The largest absolute Gasteiger partial charge is 0.464 e. The number of rotatable bonds is 2. The van der Waals surface area contributed by atoms with E-state index < -0.39 is 5.97 Å². The van der Waals surface area contributed by atoms with Gasteiger partial charge in [0.1, 0.15) is 5.69 Å². The van der Waals surface area contributed by atoms with Crippen LogP contribution < -0.4 is 0 Å². The SMILES string of the molecule is COC(=O)c1cc(Br)ccn1.OCc1cc(Br)ccn1. The molecule has 2 aromatic heterocycles. The Labute approximate surface area is 133 Å². The summed E-state index contributed by atoms with van der Waals surface area (Å²) < 4.78 is 6.23. The van der Waals surface area contributed by atoms with Gasteiger partial charge in [0.05, 0.1) is 19.4 Å². The Hall–Kier alpha value is -1.31. The van der Waals surface area contributed by atoms with Gasteiger partial charge in [0.15, 0.2) is 0 Å². The van der Waals surface area contributed by atoms with Crippen molar-refractivity contribution in [1.82, 2.24) is 9.97 Å². The van der Waals surface area contributed by atoms with E-state index in [1.807, 2.05) is 6.07 Å². The van der Waals surface area contributed by atoms with E-state index in [1.165, 1.54) is 13.3 Å². The maximum atomic E-state index is 10.9. The minimum Gasteiger partial charge on any atom is -0.464 e. The zero-order chi connectivity index (χ0) is 15.0. The summed E-state index contributed by atoms with van der Waals surface area (Å²) in [6, 6.07) is 6.94. The Morgan fingerprint density at radius 3 is 2.25 bits per heavy atom. The van der Waals surface area contributed by atoms with Gasteiger partial charge in [0.25, 0.3) is 0 Å². The van der Waals surface area contributed by atoms with Crippen LogP contribution in [0.1, 0.15) is 16.2 Å². The van der Waals surface area contributed by atoms with Gasteiger partial charge in [-0.1, -0.05) is 31.9 Å². The molecule has 1 N–H and O–H groups in total. The van der Waals surface area contributed by atoms with Crippen molar-refractivity contribution in [2.45, 2.75) is 6.61 Å². The normalized spacial score (nSPS) is 9.40. The third-order valence-corrected chi connectivity index (χ3v) is 3.04. The van der Waals surface area contributed by atoms with Crippen molar-refractivity contribution in [3.8, 4) is 0 Å². The molecule has 0 saturated heterocycles. The Bertz CT molecular complexity index is 579. The Morgan fingerprint density at radius 2 is 1.80 bits per heavy atom. The van der Waals surface area contributed by atoms with Crippen LogP contribution in [-0.2, 0) is 11.3 Å². The second-order valence-electron chi connectivity index (χ2n) is 3.47. The molecule has 20 heavy (non-hydrogen) atoms. The number of aromatic nitrogens is 2. The lowest BCUT2D eigenvalue weighted by Crippen LogP contribution is -2.03. The van der Waals surface area contributed by atoms with Crippen molar-refractivity contribution >= 4 is 37.8 Å². The summed E-state index contributed by atoms with van der Waals surface area (Å²) in [6.07, 6.45) is 3.19. The number of nitrogens with zero attached hydrogens (tertiary/aromatic N) is 2. The maximum Gasteiger partial charge on any atom is 0.356 e. The Balaban J connectivity index is 0.000000204. The average molecular weight is 404 g/mol. The highest BCUT2D eigenvalue weighted by molar-refractivity contribution is 9.10. The van der Waals surface area contributed by atoms with Gasteiger partial charge in [0.2, 0.25) is 0 Å². The summed E-state index contributed by atoms with van der Waals surface area (Å²) in [5.41, 5.74) is 0.992. The molecule has 0 aliphatic rings. The molecule has 0 atom stereocenters. The number of ether oxygens (including phenoxy) is 1. The van der Waals surface area contributed by atoms with Crippen LogP contribution in [0.3, 0.4) is 0 Å². The Morgan fingerprint density at radius 1 is 1.20 bits per heavy atom. The number of aliphatic hydroxyl groups excluding tert-OH is 1. The fourth-order valence-corrected chi connectivity index (χ4v) is 1.87. The van der Waals surface area contributed by atoms with Crippen molar-refractivity contribution < 1.29 is 14.6 Å². The molecule has 106 valence electrons. The molecule has 0 fully saturated rings. The topological polar surface area (TPSA) is 72.3 Å². The molecule has 0 spiro atoms. The number of carbonyl (C=O) groups excluding carboxylic acids is 1. The fraction of sp³-hybridized carbons (Fsp3) is 0.154. The minimum atomic E-state index is -0.425. The first-order valence-corrected chi connectivity index (χ1v) is 7.06. The van der Waals surface area contributed by atoms with Gasteiger partial charge >= 0.3 is 5.97 Å². The smallest absolute Gasteiger partial charge is 0.356 e. The number of hydrogen-bond donors (Lipinski definition) is 1. The first kappa shape index (κ1) is 16.7. The molecular weight excluding hydrogens is 392 g/mol. The first-order chi connectivity index (χ1) is 9.56. The monoisotopic (exact) mass is 402 g/mol. The molecule has 2 heterocycles. The lowest BCUT2D eigenvalue weighted by molar-refractivity contribution is 0.0594. The fourth-order valence-electron chi connectivity index (χ4n) is 1.16. The molecule has 7 heteroatoms. The maximum absolute atomic E-state index is 10.9. The summed E-state index contributed by atoms with van der Waals surface area (Å²) in [7, 11) is 1.32. The number of pyridine rings is 2. The summed E-state index contributed by atoms with van der Waals surface area (Å²) in [4.78, 5) is 18.5. The van der Waals surface area contributed by atoms with Gasteiger partial charge in [-0.15, -0.1) is 0 Å². The van der Waals surface area contributed by atoms with Gasteiger partial charge in [-0.05, 0) is 24.3 Å². The molecule has 0 bridgehead atoms. The van der Waals surface area contributed by atoms with Crippen molar-refractivity contribution in [3.05, 3.63) is 57.0 Å². The molecular formula is C13H12Br2N2O3. The van der Waals surface area contributed by atoms with E-state index in [1.54, 1.807) is 24.4 Å². The molecule has 5 nitrogen and oxygen atoms in total. The Kier molecular flexibility index (Phi) is 7.35. The predicted octanol–water partition coefficient (Wildman–Crippen LogP) is 2.97. The van der Waals surface area contributed by atoms with Gasteiger partial charge < -0.3 is 9.84 Å². The van der Waals surface area contributed by atoms with E-state index in [4.69, 9.17) is 5.11 Å². The number of methoxy groups -OCH3 is 1. The molecule has 0 aliphatic carbocycles. The van der Waals surface area contributed by atoms with E-state index in [2.05, 4.69) is 46.6 Å². The lowest BCUT2D eigenvalue weighted by Gasteiger charge is -1.96. The molecule has 0 radical (unpaired) electrons. The van der Waals surface area contributed by atoms with E-state index in [0.717, 1.165) is 8.95 Å². The molecule has 0 amide bonds. The molecule has 0 unspecified atom stereocenters. The van der Waals surface area contributed by atoms with Crippen LogP contribution in [0.15, 0.2) is 45.6 Å². The van der Waals surface area contributed by atoms with Crippen LogP contribution in [-0.4, -0.2) is 28.2 Å². The van der Waals surface area contributed by atoms with Gasteiger partial charge in [0, 0.05) is 21.3 Å². The van der Waals surface area contributed by atoms with Crippen LogP contribution in [0.4, 0.5) is 0 Å². The van der Waals surface area contributed by atoms with Crippen LogP contribution in [0, 0.1) is 0 Å². The number of hydrogen-bond acceptors (Lipinski definition) is 5. The summed E-state index contributed by atoms with van der Waals surface area (Å²) in [6.45, 7) is -0.000556. The van der Waals surface area contributed by atoms with E-state index in [-0.39, 0.29) is 6.61 Å². The molecule has 0 saturated carbocycles. The molecule has 0 aliphatic heterocycles. The quantitative estimate of drug-likeness (QED) is 0.780. The second-order valence-corrected chi connectivity index (χ2v) is 5.31. The van der Waals surface area contributed by atoms with Crippen molar-refractivity contribution in [2.75, 3.05) is 7.11 Å². The zero-order valence-corrected chi connectivity index (χ0v) is 13.8. The number of halogens is 2. The molecule has 2 rings (SSSR count). The minimum absolute atomic E-state index is 0.000556. The predicted molar refractivity (Wildman–Crippen MR) is 81.1 cm³/mol. The van der Waals surface area contributed by atoms with E-state index in [9.17, 15) is 4.79 Å². The summed E-state index contributed by atoms with van der Waals surface area (Å²) in [5, 5.41) is 8.58. The third kappa shape index (κ3) is 5.77. The van der Waals surface area contributed by atoms with Crippen molar-refractivity contribution in [3.63, 3.8) is 0 Å². The first-order valence-electron chi connectivity index (χ1n) is 5.48. The van der Waals surface area contributed by atoms with Crippen molar-refractivity contribution in [1.29, 1.82) is 0 Å². The molecule has 2 aromatic rings. The van der Waals surface area contributed by atoms with Gasteiger partial charge in [-0.25, -0.2) is 9.78 Å². The number of carbonyl (C=O) groups is 1. The van der Waals surface area contributed by atoms with E-state index >= 15 is 0 Å². The number of aliphatic hydroxyl groups is 1. The number of esters is 1. The van der Waals surface area contributed by atoms with Crippen LogP contribution in [0.2, 0.25) is 0 Å². The average Bonchev–Trinajstić information content (AvgIpc) is 2.47. The highest BCUT2D eigenvalue weighted by atomic mass is 79.9. The van der Waals surface area contributed by atoms with Crippen LogP contribution in [0.25, 0.3) is 0 Å². The summed E-state index contributed by atoms with van der Waals surface area (Å²) >= 11 is 6.46. The van der Waals surface area contributed by atoms with Crippen LogP contribution in [0.5, 0.6) is 0 Å². The lowest BCUT2D eigenvalue weighted by atomic mass is 10.4. The standard InChI is InChI=1S/C7H6BrNO2.C6H6BrNO/c1-11-7(10)6-4-5(8)2-3-9-6;7-5-1-2-8-6(3-5)4-9/h2-4H,1H3;1-3,9H,4H2. The van der Waals surface area contributed by atoms with Crippen LogP contribution >= 0.6 is 31.9 Å². The van der Waals surface area contributed by atoms with Gasteiger partial charge in [-0.2, -0.15) is 0 Å². The second kappa shape index (κ2) is 8.78. The van der Waals surface area contributed by atoms with E-state index in [0.29, 0.717) is 11.4 Å². The van der Waals surface area contributed by atoms with Crippen molar-refractivity contribution in [2.24, 2.45) is 0 Å². The van der Waals surface area contributed by atoms with Gasteiger partial charge in [-0.3, -0.25) is 4.98 Å².